The molecule has 0 saturated heterocycles. The van der Waals surface area contributed by atoms with Crippen LogP contribution in [0, 0.1) is 6.92 Å². The number of aryl methyl sites for hydroxylation is 1. The van der Waals surface area contributed by atoms with Crippen LogP contribution in [-0.4, -0.2) is 16.1 Å². The van der Waals surface area contributed by atoms with E-state index in [2.05, 4.69) is 10.1 Å². The van der Waals surface area contributed by atoms with Crippen molar-refractivity contribution in [3.8, 4) is 10.6 Å². The summed E-state index contributed by atoms with van der Waals surface area (Å²) in [5.74, 6) is 0.0564. The third kappa shape index (κ3) is 2.78. The van der Waals surface area contributed by atoms with E-state index in [1.807, 2.05) is 23.8 Å². The van der Waals surface area contributed by atoms with Gasteiger partial charge in [0.2, 0.25) is 0 Å². The van der Waals surface area contributed by atoms with Crippen molar-refractivity contribution >= 4 is 28.6 Å². The van der Waals surface area contributed by atoms with Crippen molar-refractivity contribution in [1.82, 2.24) is 10.1 Å². The second-order valence-corrected chi connectivity index (χ2v) is 5.70. The van der Waals surface area contributed by atoms with E-state index in [0.717, 1.165) is 16.3 Å². The van der Waals surface area contributed by atoms with Crippen molar-refractivity contribution in [2.24, 2.45) is 0 Å². The van der Waals surface area contributed by atoms with Crippen LogP contribution in [0.3, 0.4) is 0 Å². The van der Waals surface area contributed by atoms with E-state index in [1.165, 1.54) is 11.3 Å². The van der Waals surface area contributed by atoms with E-state index in [9.17, 15) is 4.79 Å². The fourth-order valence-electron chi connectivity index (χ4n) is 1.58. The van der Waals surface area contributed by atoms with Gasteiger partial charge in [0, 0.05) is 22.4 Å². The van der Waals surface area contributed by atoms with Crippen molar-refractivity contribution in [2.75, 3.05) is 0 Å². The van der Waals surface area contributed by atoms with Crippen LogP contribution in [0.1, 0.15) is 21.9 Å². The second-order valence-electron chi connectivity index (χ2n) is 4.06. The maximum absolute atomic E-state index is 11.9. The lowest BCUT2D eigenvalue weighted by atomic mass is 10.3. The number of carbonyl (C=O) groups is 1. The molecule has 0 unspecified atom stereocenters. The van der Waals surface area contributed by atoms with Gasteiger partial charge in [0.1, 0.15) is 5.01 Å². The highest BCUT2D eigenvalue weighted by Crippen LogP contribution is 2.26. The molecule has 0 saturated carbocycles. The summed E-state index contributed by atoms with van der Waals surface area (Å²) in [5.41, 5.74) is 2.08. The molecule has 0 atom stereocenters. The molecule has 0 N–H and O–H groups in total. The van der Waals surface area contributed by atoms with Gasteiger partial charge in [-0.05, 0) is 18.4 Å². The zero-order valence-corrected chi connectivity index (χ0v) is 12.2. The van der Waals surface area contributed by atoms with E-state index in [-0.39, 0.29) is 6.61 Å². The summed E-state index contributed by atoms with van der Waals surface area (Å²) < 4.78 is 10.1. The predicted molar refractivity (Wildman–Crippen MR) is 75.8 cm³/mol. The smallest absolute Gasteiger partial charge is 0.358 e. The van der Waals surface area contributed by atoms with Crippen LogP contribution in [0.4, 0.5) is 0 Å². The molecule has 7 heteroatoms. The Labute approximate surface area is 122 Å². The molecule has 3 heterocycles. The van der Waals surface area contributed by atoms with Crippen LogP contribution < -0.4 is 0 Å². The lowest BCUT2D eigenvalue weighted by Gasteiger charge is -1.98. The Kier molecular flexibility index (Phi) is 3.62. The summed E-state index contributed by atoms with van der Waals surface area (Å²) in [6.07, 6.45) is 0. The first kappa shape index (κ1) is 13.0. The molecule has 102 valence electrons. The number of thiophene rings is 1. The Morgan fingerprint density at radius 3 is 3.05 bits per heavy atom. The summed E-state index contributed by atoms with van der Waals surface area (Å²) in [7, 11) is 0. The maximum atomic E-state index is 11.9. The first-order valence-corrected chi connectivity index (χ1v) is 7.62. The molecule has 5 nitrogen and oxygen atoms in total. The third-order valence-electron chi connectivity index (χ3n) is 2.50. The second kappa shape index (κ2) is 5.56. The summed E-state index contributed by atoms with van der Waals surface area (Å²) >= 11 is 3.01. The predicted octanol–water partition coefficient (Wildman–Crippen LogP) is 3.53. The van der Waals surface area contributed by atoms with Gasteiger partial charge in [0.15, 0.2) is 18.1 Å². The van der Waals surface area contributed by atoms with Gasteiger partial charge in [0.05, 0.1) is 5.69 Å². The third-order valence-corrected chi connectivity index (χ3v) is 4.08. The lowest BCUT2D eigenvalue weighted by Crippen LogP contribution is -2.05. The van der Waals surface area contributed by atoms with E-state index in [0.29, 0.717) is 11.5 Å². The van der Waals surface area contributed by atoms with Crippen LogP contribution in [0.25, 0.3) is 10.6 Å². The molecule has 3 rings (SSSR count). The van der Waals surface area contributed by atoms with Gasteiger partial charge in [-0.2, -0.15) is 11.3 Å². The summed E-state index contributed by atoms with van der Waals surface area (Å²) in [6.45, 7) is 1.87. The standard InChI is InChI=1S/C13H10N2O3S2/c1-8-4-10(18-15-8)5-17-13(16)11-7-20-12(14-11)9-2-3-19-6-9/h2-4,6-7H,5H2,1H3. The van der Waals surface area contributed by atoms with Gasteiger partial charge >= 0.3 is 5.97 Å². The minimum atomic E-state index is -0.461. The van der Waals surface area contributed by atoms with Crippen LogP contribution in [0.5, 0.6) is 0 Å². The van der Waals surface area contributed by atoms with Gasteiger partial charge in [-0.1, -0.05) is 5.16 Å². The fourth-order valence-corrected chi connectivity index (χ4v) is 3.08. The summed E-state index contributed by atoms with van der Waals surface area (Å²) in [5, 5.41) is 10.2. The Hall–Kier alpha value is -1.99. The van der Waals surface area contributed by atoms with Gasteiger partial charge < -0.3 is 9.26 Å². The van der Waals surface area contributed by atoms with Crippen LogP contribution >= 0.6 is 22.7 Å². The molecule has 0 aliphatic heterocycles. The topological polar surface area (TPSA) is 65.2 Å². The maximum Gasteiger partial charge on any atom is 0.358 e. The number of aromatic nitrogens is 2. The molecule has 0 fully saturated rings. The molecular formula is C13H10N2O3S2. The van der Waals surface area contributed by atoms with Gasteiger partial charge in [-0.3, -0.25) is 0 Å². The molecule has 0 bridgehead atoms. The molecular weight excluding hydrogens is 296 g/mol. The monoisotopic (exact) mass is 306 g/mol. The molecule has 20 heavy (non-hydrogen) atoms. The number of nitrogens with zero attached hydrogens (tertiary/aromatic N) is 2. The van der Waals surface area contributed by atoms with Gasteiger partial charge in [-0.25, -0.2) is 9.78 Å². The number of rotatable bonds is 4. The largest absolute Gasteiger partial charge is 0.453 e. The Morgan fingerprint density at radius 1 is 1.45 bits per heavy atom. The number of carbonyl (C=O) groups excluding carboxylic acids is 1. The summed E-state index contributed by atoms with van der Waals surface area (Å²) in [4.78, 5) is 16.1. The quantitative estimate of drug-likeness (QED) is 0.690. The molecule has 3 aromatic heterocycles. The molecule has 0 radical (unpaired) electrons. The molecule has 0 aliphatic carbocycles. The first-order chi connectivity index (χ1) is 9.72. The summed E-state index contributed by atoms with van der Waals surface area (Å²) in [6, 6.07) is 3.70. The lowest BCUT2D eigenvalue weighted by molar-refractivity contribution is 0.0431. The minimum absolute atomic E-state index is 0.0605. The van der Waals surface area contributed by atoms with Crippen LogP contribution in [-0.2, 0) is 11.3 Å². The average Bonchev–Trinajstić information content (AvgIpc) is 3.16. The first-order valence-electron chi connectivity index (χ1n) is 5.80. The van der Waals surface area contributed by atoms with E-state index >= 15 is 0 Å². The number of esters is 1. The Balaban J connectivity index is 1.65. The minimum Gasteiger partial charge on any atom is -0.453 e. The van der Waals surface area contributed by atoms with Crippen molar-refractivity contribution in [1.29, 1.82) is 0 Å². The van der Waals surface area contributed by atoms with Gasteiger partial charge in [0.25, 0.3) is 0 Å². The van der Waals surface area contributed by atoms with Crippen LogP contribution in [0.15, 0.2) is 32.8 Å². The average molecular weight is 306 g/mol. The van der Waals surface area contributed by atoms with Crippen molar-refractivity contribution in [2.45, 2.75) is 13.5 Å². The molecule has 0 amide bonds. The Bertz CT molecular complexity index is 716. The fraction of sp³-hybridized carbons (Fsp3) is 0.154. The van der Waals surface area contributed by atoms with Gasteiger partial charge in [-0.15, -0.1) is 11.3 Å². The van der Waals surface area contributed by atoms with Crippen LogP contribution in [0.2, 0.25) is 0 Å². The van der Waals surface area contributed by atoms with Crippen molar-refractivity contribution in [3.63, 3.8) is 0 Å². The zero-order valence-electron chi connectivity index (χ0n) is 10.5. The highest BCUT2D eigenvalue weighted by atomic mass is 32.1. The van der Waals surface area contributed by atoms with E-state index in [1.54, 1.807) is 22.8 Å². The Morgan fingerprint density at radius 2 is 2.35 bits per heavy atom. The van der Waals surface area contributed by atoms with Crippen molar-refractivity contribution in [3.05, 3.63) is 45.4 Å². The molecule has 0 aromatic carbocycles. The van der Waals surface area contributed by atoms with Crippen molar-refractivity contribution < 1.29 is 14.1 Å². The SMILES string of the molecule is Cc1cc(COC(=O)c2csc(-c3ccsc3)n2)on1. The highest BCUT2D eigenvalue weighted by Gasteiger charge is 2.14. The normalized spacial score (nSPS) is 10.7. The molecule has 3 aromatic rings. The van der Waals surface area contributed by atoms with E-state index in [4.69, 9.17) is 9.26 Å². The number of ether oxygens (including phenoxy) is 1. The zero-order chi connectivity index (χ0) is 13.9. The molecule has 0 spiro atoms. The highest BCUT2D eigenvalue weighted by molar-refractivity contribution is 7.14. The number of thiazole rings is 1. The number of hydrogen-bond donors (Lipinski definition) is 0. The molecule has 0 aliphatic rings. The van der Waals surface area contributed by atoms with E-state index < -0.39 is 5.97 Å². The number of hydrogen-bond acceptors (Lipinski definition) is 7.